The van der Waals surface area contributed by atoms with Crippen LogP contribution in [-0.4, -0.2) is 95.5 Å². The van der Waals surface area contributed by atoms with Gasteiger partial charge in [0.1, 0.15) is 11.8 Å². The maximum absolute atomic E-state index is 13.1. The average molecular weight is 568 g/mol. The summed E-state index contributed by atoms with van der Waals surface area (Å²) in [7, 11) is 2.95. The number of imidazole rings is 1. The molecule has 2 amide bonds. The van der Waals surface area contributed by atoms with Crippen LogP contribution in [0.2, 0.25) is 0 Å². The SMILES string of the molecule is COC(=O)[C@H](CCSC)NC(=O)CN(Cc1ccc(OC)cc1)C[C@@H]1CCCN1C(=O)Cc1cnc[nH]1.Cl. The van der Waals surface area contributed by atoms with Gasteiger partial charge in [-0.1, -0.05) is 12.1 Å². The molecule has 3 rings (SSSR count). The zero-order valence-electron chi connectivity index (χ0n) is 22.2. The summed E-state index contributed by atoms with van der Waals surface area (Å²) in [5.74, 6) is 0.830. The maximum atomic E-state index is 13.1. The highest BCUT2D eigenvalue weighted by Crippen LogP contribution is 2.21. The third-order valence-electron chi connectivity index (χ3n) is 6.43. The molecule has 0 spiro atoms. The van der Waals surface area contributed by atoms with Crippen LogP contribution in [0.25, 0.3) is 0 Å². The molecular formula is C26H38ClN5O5S. The number of ether oxygens (including phenoxy) is 2. The van der Waals surface area contributed by atoms with Gasteiger partial charge >= 0.3 is 5.97 Å². The summed E-state index contributed by atoms with van der Waals surface area (Å²) in [5, 5.41) is 2.85. The second kappa shape index (κ2) is 16.3. The number of H-pyrrole nitrogens is 1. The van der Waals surface area contributed by atoms with Crippen LogP contribution in [0.4, 0.5) is 0 Å². The number of rotatable bonds is 14. The Balaban J connectivity index is 0.00000507. The van der Waals surface area contributed by atoms with Gasteiger partial charge in [-0.2, -0.15) is 11.8 Å². The van der Waals surface area contributed by atoms with Crippen molar-refractivity contribution in [2.45, 2.75) is 44.3 Å². The van der Waals surface area contributed by atoms with Crippen molar-refractivity contribution in [3.63, 3.8) is 0 Å². The molecule has 2 aromatic rings. The van der Waals surface area contributed by atoms with Crippen molar-refractivity contribution in [1.29, 1.82) is 0 Å². The second-order valence-corrected chi connectivity index (χ2v) is 10.1. The maximum Gasteiger partial charge on any atom is 0.328 e. The molecule has 2 atom stereocenters. The van der Waals surface area contributed by atoms with Gasteiger partial charge in [-0.05, 0) is 49.0 Å². The number of carbonyl (C=O) groups is 3. The number of nitrogens with one attached hydrogen (secondary N) is 2. The van der Waals surface area contributed by atoms with Gasteiger partial charge in [-0.15, -0.1) is 12.4 Å². The van der Waals surface area contributed by atoms with E-state index >= 15 is 0 Å². The molecule has 1 aromatic carbocycles. The van der Waals surface area contributed by atoms with Crippen molar-refractivity contribution >= 4 is 42.0 Å². The number of amides is 2. The van der Waals surface area contributed by atoms with Gasteiger partial charge in [-0.3, -0.25) is 14.5 Å². The fraction of sp³-hybridized carbons (Fsp3) is 0.538. The number of nitrogens with zero attached hydrogens (tertiary/aromatic N) is 3. The summed E-state index contributed by atoms with van der Waals surface area (Å²) in [4.78, 5) is 49.2. The van der Waals surface area contributed by atoms with Crippen LogP contribution < -0.4 is 10.1 Å². The predicted molar refractivity (Wildman–Crippen MR) is 149 cm³/mol. The van der Waals surface area contributed by atoms with Crippen LogP contribution in [0.3, 0.4) is 0 Å². The molecule has 38 heavy (non-hydrogen) atoms. The molecule has 0 radical (unpaired) electrons. The number of likely N-dealkylation sites (tertiary alicyclic amines) is 1. The van der Waals surface area contributed by atoms with Gasteiger partial charge in [-0.25, -0.2) is 9.78 Å². The summed E-state index contributed by atoms with van der Waals surface area (Å²) in [5.41, 5.74) is 1.80. The Morgan fingerprint density at radius 2 is 2.03 bits per heavy atom. The predicted octanol–water partition coefficient (Wildman–Crippen LogP) is 2.29. The number of halogens is 1. The third kappa shape index (κ3) is 9.52. The van der Waals surface area contributed by atoms with E-state index < -0.39 is 12.0 Å². The highest BCUT2D eigenvalue weighted by atomic mass is 35.5. The Hall–Kier alpha value is -2.76. The molecule has 2 N–H and O–H groups in total. The van der Waals surface area contributed by atoms with Crippen molar-refractivity contribution in [2.75, 3.05) is 45.9 Å². The number of benzene rings is 1. The van der Waals surface area contributed by atoms with Gasteiger partial charge < -0.3 is 24.7 Å². The van der Waals surface area contributed by atoms with Crippen LogP contribution >= 0.6 is 24.2 Å². The van der Waals surface area contributed by atoms with Crippen LogP contribution in [0.1, 0.15) is 30.5 Å². The number of methoxy groups -OCH3 is 2. The Labute approximate surface area is 234 Å². The number of hydrogen-bond acceptors (Lipinski definition) is 8. The molecule has 0 aliphatic carbocycles. The molecule has 1 fully saturated rings. The summed E-state index contributed by atoms with van der Waals surface area (Å²) >= 11 is 1.61. The lowest BCUT2D eigenvalue weighted by atomic mass is 10.1. The Morgan fingerprint density at radius 3 is 2.66 bits per heavy atom. The van der Waals surface area contributed by atoms with Crippen molar-refractivity contribution in [3.05, 3.63) is 48.0 Å². The summed E-state index contributed by atoms with van der Waals surface area (Å²) < 4.78 is 10.1. The van der Waals surface area contributed by atoms with E-state index in [1.54, 1.807) is 31.4 Å². The second-order valence-electron chi connectivity index (χ2n) is 9.08. The molecule has 10 nitrogen and oxygen atoms in total. The minimum atomic E-state index is -0.688. The van der Waals surface area contributed by atoms with Crippen LogP contribution in [0.15, 0.2) is 36.8 Å². The number of thioether (sulfide) groups is 1. The molecule has 210 valence electrons. The number of aromatic amines is 1. The van der Waals surface area contributed by atoms with Crippen LogP contribution in [0, 0.1) is 0 Å². The molecule has 1 aliphatic rings. The van der Waals surface area contributed by atoms with Crippen molar-refractivity contribution in [2.24, 2.45) is 0 Å². The summed E-state index contributed by atoms with van der Waals surface area (Å²) in [6.07, 6.45) is 7.74. The third-order valence-corrected chi connectivity index (χ3v) is 7.07. The smallest absolute Gasteiger partial charge is 0.328 e. The first-order valence-electron chi connectivity index (χ1n) is 12.4. The molecule has 0 unspecified atom stereocenters. The van der Waals surface area contributed by atoms with E-state index in [-0.39, 0.29) is 43.2 Å². The van der Waals surface area contributed by atoms with Crippen molar-refractivity contribution in [1.82, 2.24) is 25.1 Å². The lowest BCUT2D eigenvalue weighted by Crippen LogP contribution is -2.49. The zero-order valence-corrected chi connectivity index (χ0v) is 23.8. The largest absolute Gasteiger partial charge is 0.497 e. The Morgan fingerprint density at radius 1 is 1.26 bits per heavy atom. The van der Waals surface area contributed by atoms with E-state index in [0.29, 0.717) is 26.1 Å². The Bertz CT molecular complexity index is 1010. The first-order chi connectivity index (χ1) is 17.9. The van der Waals surface area contributed by atoms with Gasteiger partial charge in [0, 0.05) is 37.6 Å². The first-order valence-corrected chi connectivity index (χ1v) is 13.8. The fourth-order valence-corrected chi connectivity index (χ4v) is 5.01. The van der Waals surface area contributed by atoms with Crippen LogP contribution in [0.5, 0.6) is 5.75 Å². The fourth-order valence-electron chi connectivity index (χ4n) is 4.54. The minimum Gasteiger partial charge on any atom is -0.497 e. The van der Waals surface area contributed by atoms with Gasteiger partial charge in [0.25, 0.3) is 0 Å². The average Bonchev–Trinajstić information content (AvgIpc) is 3.58. The highest BCUT2D eigenvalue weighted by molar-refractivity contribution is 7.98. The standard InChI is InChI=1S/C26H37N5O5S.ClH/c1-35-22-8-6-19(7-9-22)15-30(17-24(32)29-23(10-12-37-3)26(34)36-2)16-21-5-4-11-31(21)25(33)13-20-14-27-18-28-20;/h6-9,14,18,21,23H,4-5,10-13,15-17H2,1-3H3,(H,27,28)(H,29,32);1H/t21-,23-;/m0./s1. The van der Waals surface area contributed by atoms with E-state index in [9.17, 15) is 14.4 Å². The molecule has 0 bridgehead atoms. The molecular weight excluding hydrogens is 530 g/mol. The highest BCUT2D eigenvalue weighted by Gasteiger charge is 2.31. The van der Waals surface area contributed by atoms with Crippen molar-refractivity contribution < 1.29 is 23.9 Å². The number of aromatic nitrogens is 2. The zero-order chi connectivity index (χ0) is 26.6. The van der Waals surface area contributed by atoms with E-state index in [4.69, 9.17) is 9.47 Å². The number of esters is 1. The molecule has 1 saturated heterocycles. The lowest BCUT2D eigenvalue weighted by Gasteiger charge is -2.31. The van der Waals surface area contributed by atoms with Crippen molar-refractivity contribution in [3.8, 4) is 5.75 Å². The molecule has 1 aliphatic heterocycles. The number of hydrogen-bond donors (Lipinski definition) is 2. The van der Waals surface area contributed by atoms with E-state index in [0.717, 1.165) is 35.6 Å². The van der Waals surface area contributed by atoms with E-state index in [1.807, 2.05) is 40.3 Å². The van der Waals surface area contributed by atoms with E-state index in [2.05, 4.69) is 15.3 Å². The minimum absolute atomic E-state index is 0. The van der Waals surface area contributed by atoms with E-state index in [1.165, 1.54) is 7.11 Å². The lowest BCUT2D eigenvalue weighted by molar-refractivity contribution is -0.145. The van der Waals surface area contributed by atoms with Gasteiger partial charge in [0.2, 0.25) is 11.8 Å². The molecule has 0 saturated carbocycles. The summed E-state index contributed by atoms with van der Waals surface area (Å²) in [6.45, 7) is 1.85. The number of carbonyl (C=O) groups excluding carboxylic acids is 3. The first kappa shape index (κ1) is 31.5. The topological polar surface area (TPSA) is 117 Å². The summed E-state index contributed by atoms with van der Waals surface area (Å²) in [6, 6.07) is 7.02. The van der Waals surface area contributed by atoms with Gasteiger partial charge in [0.05, 0.1) is 33.5 Å². The monoisotopic (exact) mass is 567 g/mol. The van der Waals surface area contributed by atoms with Gasteiger partial charge in [0.15, 0.2) is 0 Å². The molecule has 2 heterocycles. The molecule has 1 aromatic heterocycles. The molecule has 12 heteroatoms. The van der Waals surface area contributed by atoms with Crippen LogP contribution in [-0.2, 0) is 32.1 Å². The Kier molecular flexibility index (Phi) is 13.5. The quantitative estimate of drug-likeness (QED) is 0.334. The normalized spacial score (nSPS) is 15.6.